The van der Waals surface area contributed by atoms with Crippen LogP contribution in [0, 0.1) is 13.8 Å². The Morgan fingerprint density at radius 1 is 0.418 bits per heavy atom. The van der Waals surface area contributed by atoms with Gasteiger partial charge in [-0.25, -0.2) is 0 Å². The predicted molar refractivity (Wildman–Crippen MR) is 289 cm³/mol. The summed E-state index contributed by atoms with van der Waals surface area (Å²) < 4.78 is 3.16. The van der Waals surface area contributed by atoms with Crippen molar-refractivity contribution in [3.8, 4) is 53.3 Å². The molecule has 0 saturated carbocycles. The largest absolute Gasteiger partial charge is 0.499 e. The van der Waals surface area contributed by atoms with Gasteiger partial charge in [0.25, 0.3) is 0 Å². The zero-order valence-electron chi connectivity index (χ0n) is 35.2. The van der Waals surface area contributed by atoms with Crippen molar-refractivity contribution in [1.29, 1.82) is 0 Å². The lowest BCUT2D eigenvalue weighted by molar-refractivity contribution is 0.473. The topological polar surface area (TPSA) is 74.6 Å². The van der Waals surface area contributed by atoms with Crippen molar-refractivity contribution < 1.29 is 10.2 Å². The maximum absolute atomic E-state index is 15.5. The Bertz CT molecular complexity index is 3720. The molecule has 0 radical (unpaired) electrons. The lowest BCUT2D eigenvalue weighted by Crippen LogP contribution is -2.21. The molecule has 0 saturated heterocycles. The smallest absolute Gasteiger partial charge is 0.196 e. The Kier molecular flexibility index (Phi) is 11.3. The number of halogens is 4. The van der Waals surface area contributed by atoms with Gasteiger partial charge in [-0.2, -0.15) is 0 Å². The van der Waals surface area contributed by atoms with Crippen molar-refractivity contribution in [2.45, 2.75) is 19.8 Å². The van der Waals surface area contributed by atoms with Gasteiger partial charge in [-0.3, -0.25) is 9.59 Å². The molecule has 11 rings (SSSR count). The van der Waals surface area contributed by atoms with E-state index >= 15 is 9.59 Å². The van der Waals surface area contributed by atoms with Crippen LogP contribution < -0.4 is 10.9 Å². The second-order valence-corrected chi connectivity index (χ2v) is 21.9. The van der Waals surface area contributed by atoms with Gasteiger partial charge in [0.2, 0.25) is 0 Å². The van der Waals surface area contributed by atoms with Gasteiger partial charge in [0.15, 0.2) is 21.0 Å². The van der Waals surface area contributed by atoms with Gasteiger partial charge in [-0.05, 0) is 89.2 Å². The van der Waals surface area contributed by atoms with Gasteiger partial charge in [-0.15, -0.1) is 22.7 Å². The SMILES string of the molecule is Cc1c2sc(-c3ccccc3)c(-c3ccc(Cl)c(Cl)c3)c2cc2c(=O)c(C(c3ccccc3)c3c(O)sc4c(C)c5sc(-c6ccccc6)c(-c6ccc(Cl)c(Cl)c6)c5cc4c3=O)c(O)sc12. The minimum atomic E-state index is -1.14. The van der Waals surface area contributed by atoms with E-state index < -0.39 is 16.8 Å². The van der Waals surface area contributed by atoms with E-state index in [0.717, 1.165) is 97.1 Å². The maximum atomic E-state index is 15.5. The van der Waals surface area contributed by atoms with Crippen LogP contribution in [0.4, 0.5) is 0 Å². The number of aryl methyl sites for hydroxylation is 2. The summed E-state index contributed by atoms with van der Waals surface area (Å²) in [5.74, 6) is -1.14. The van der Waals surface area contributed by atoms with E-state index in [9.17, 15) is 10.2 Å². The first-order valence-corrected chi connectivity index (χ1v) is 25.8. The fourth-order valence-electron chi connectivity index (χ4n) is 9.23. The number of aromatic hydroxyl groups is 2. The van der Waals surface area contributed by atoms with E-state index in [1.54, 1.807) is 34.8 Å². The van der Waals surface area contributed by atoms with Crippen LogP contribution in [0.3, 0.4) is 0 Å². The van der Waals surface area contributed by atoms with Gasteiger partial charge in [0, 0.05) is 61.2 Å². The van der Waals surface area contributed by atoms with Crippen LogP contribution >= 0.6 is 91.8 Å². The molecule has 0 bridgehead atoms. The molecule has 0 aliphatic rings. The first-order valence-electron chi connectivity index (χ1n) is 21.0. The van der Waals surface area contributed by atoms with Crippen LogP contribution in [-0.2, 0) is 0 Å². The van der Waals surface area contributed by atoms with Crippen LogP contribution in [0.2, 0.25) is 20.1 Å². The van der Waals surface area contributed by atoms with Crippen LogP contribution in [-0.4, -0.2) is 10.2 Å². The highest BCUT2D eigenvalue weighted by Gasteiger charge is 2.33. The molecule has 0 fully saturated rings. The third kappa shape index (κ3) is 7.29. The Labute approximate surface area is 419 Å². The summed E-state index contributed by atoms with van der Waals surface area (Å²) in [5.41, 5.74) is 6.83. The second kappa shape index (κ2) is 17.2. The van der Waals surface area contributed by atoms with E-state index in [1.807, 2.05) is 117 Å². The average Bonchev–Trinajstić information content (AvgIpc) is 3.92. The summed E-state index contributed by atoms with van der Waals surface area (Å²) in [4.78, 5) is 32.9. The summed E-state index contributed by atoms with van der Waals surface area (Å²) in [7, 11) is 0. The third-order valence-electron chi connectivity index (χ3n) is 12.4. The van der Waals surface area contributed by atoms with Gasteiger partial charge >= 0.3 is 0 Å². The molecular formula is C55H32Cl4O4S4. The van der Waals surface area contributed by atoms with Crippen LogP contribution in [0.15, 0.2) is 149 Å². The summed E-state index contributed by atoms with van der Waals surface area (Å²) in [6, 6.07) is 44.1. The fraction of sp³-hybridized carbons (Fsp3) is 0.0545. The molecule has 67 heavy (non-hydrogen) atoms. The van der Waals surface area contributed by atoms with Gasteiger partial charge in [0.05, 0.1) is 37.1 Å². The highest BCUT2D eigenvalue weighted by molar-refractivity contribution is 7.25. The van der Waals surface area contributed by atoms with E-state index in [0.29, 0.717) is 45.8 Å². The Morgan fingerprint density at radius 2 is 0.791 bits per heavy atom. The van der Waals surface area contributed by atoms with E-state index in [-0.39, 0.29) is 21.3 Å². The summed E-state index contributed by atoms with van der Waals surface area (Å²) in [5, 5.41) is 28.1. The van der Waals surface area contributed by atoms with Crippen molar-refractivity contribution in [3.05, 3.63) is 208 Å². The van der Waals surface area contributed by atoms with E-state index in [2.05, 4.69) is 24.3 Å². The Morgan fingerprint density at radius 3 is 1.18 bits per heavy atom. The van der Waals surface area contributed by atoms with Crippen molar-refractivity contribution in [3.63, 3.8) is 0 Å². The second-order valence-electron chi connectivity index (χ2n) is 16.3. The zero-order valence-corrected chi connectivity index (χ0v) is 41.5. The molecule has 0 spiro atoms. The van der Waals surface area contributed by atoms with E-state index in [4.69, 9.17) is 46.4 Å². The van der Waals surface area contributed by atoms with E-state index in [1.165, 1.54) is 0 Å². The molecule has 4 aromatic heterocycles. The lowest BCUT2D eigenvalue weighted by atomic mass is 9.85. The first-order chi connectivity index (χ1) is 32.4. The number of thiophene rings is 2. The molecule has 328 valence electrons. The van der Waals surface area contributed by atoms with Crippen molar-refractivity contribution >= 4 is 132 Å². The number of fused-ring (bicyclic) bond motifs is 4. The number of hydrogen-bond acceptors (Lipinski definition) is 8. The number of hydrogen-bond donors (Lipinski definition) is 2. The molecule has 2 N–H and O–H groups in total. The van der Waals surface area contributed by atoms with Gasteiger partial charge in [-0.1, -0.05) is 172 Å². The first kappa shape index (κ1) is 44.0. The predicted octanol–water partition coefficient (Wildman–Crippen LogP) is 17.8. The third-order valence-corrected chi connectivity index (χ3v) is 18.9. The molecule has 11 aromatic rings. The zero-order chi connectivity index (χ0) is 46.4. The van der Waals surface area contributed by atoms with Gasteiger partial charge < -0.3 is 10.2 Å². The standard InChI is InChI=1S/C55H32Cl4O4S4/c1-26-48-33(41(31-18-20-37(56)39(58)22-31)52(64-48)29-14-8-4-9-15-29)24-35-46(60)44(54(62)66-50(26)35)43(28-12-6-3-7-13-28)45-47(61)36-25-34-42(32-19-21-38(57)40(59)23-32)53(30-16-10-5-11-17-30)65-49(34)27(2)51(36)67-55(45)63/h3-25,43,62-63H,1-2H3. The lowest BCUT2D eigenvalue weighted by Gasteiger charge is -2.20. The summed E-state index contributed by atoms with van der Waals surface area (Å²) in [6.07, 6.45) is 0. The normalized spacial score (nSPS) is 11.8. The maximum Gasteiger partial charge on any atom is 0.196 e. The van der Waals surface area contributed by atoms with Crippen LogP contribution in [0.25, 0.3) is 83.5 Å². The molecule has 12 heteroatoms. The minimum absolute atomic E-state index is 0.00666. The molecule has 0 unspecified atom stereocenters. The molecule has 4 nitrogen and oxygen atoms in total. The van der Waals surface area contributed by atoms with Crippen molar-refractivity contribution in [1.82, 2.24) is 0 Å². The molecule has 0 aliphatic carbocycles. The number of rotatable bonds is 7. The Hall–Kier alpha value is -5.52. The average molecular weight is 1030 g/mol. The summed E-state index contributed by atoms with van der Waals surface area (Å²) in [6.45, 7) is 3.93. The molecule has 0 atom stereocenters. The molecule has 7 aromatic carbocycles. The quantitative estimate of drug-likeness (QED) is 0.167. The van der Waals surface area contributed by atoms with Gasteiger partial charge in [0.1, 0.15) is 0 Å². The fourth-order valence-corrected chi connectivity index (χ4v) is 14.6. The van der Waals surface area contributed by atoms with Crippen LogP contribution in [0.5, 0.6) is 10.1 Å². The Balaban J connectivity index is 1.19. The highest BCUT2D eigenvalue weighted by Crippen LogP contribution is 2.52. The highest BCUT2D eigenvalue weighted by atomic mass is 35.5. The summed E-state index contributed by atoms with van der Waals surface area (Å²) >= 11 is 31.5. The molecule has 0 amide bonds. The molecule has 4 heterocycles. The molecule has 0 aliphatic heterocycles. The molecular weight excluding hydrogens is 995 g/mol. The number of benzene rings is 7. The van der Waals surface area contributed by atoms with Crippen molar-refractivity contribution in [2.24, 2.45) is 0 Å². The minimum Gasteiger partial charge on any atom is -0.499 e. The van der Waals surface area contributed by atoms with Crippen LogP contribution in [0.1, 0.15) is 33.7 Å². The van der Waals surface area contributed by atoms with Crippen molar-refractivity contribution in [2.75, 3.05) is 0 Å². The monoisotopic (exact) mass is 1020 g/mol.